The van der Waals surface area contributed by atoms with Crippen molar-refractivity contribution in [1.82, 2.24) is 42.1 Å². The molecular weight excluding hydrogens is 1010 g/mol. The Morgan fingerprint density at radius 1 is 0.787 bits per heavy atom. The molecule has 11 amide bonds. The number of amides is 11. The highest BCUT2D eigenvalue weighted by Crippen LogP contribution is 2.25. The first-order valence-electron chi connectivity index (χ1n) is 24.9. The summed E-state index contributed by atoms with van der Waals surface area (Å²) in [5.74, 6) is -8.65. The predicted octanol–water partition coefficient (Wildman–Crippen LogP) is -0.902. The number of likely N-dealkylation sites (tertiary alicyclic amines) is 1. The molecule has 2 aromatic carbocycles. The molecule has 410 valence electrons. The molecule has 2 bridgehead atoms. The van der Waals surface area contributed by atoms with Crippen LogP contribution in [0.2, 0.25) is 0 Å². The van der Waals surface area contributed by atoms with Crippen LogP contribution < -0.4 is 54.4 Å². The largest absolute Gasteiger partial charge is 0.508 e. The summed E-state index contributed by atoms with van der Waals surface area (Å²) in [6.07, 6.45) is -0.468. The van der Waals surface area contributed by atoms with E-state index in [0.717, 1.165) is 5.56 Å². The number of phenols is 1. The maximum Gasteiger partial charge on any atom is 0.246 e. The third kappa shape index (κ3) is 20.1. The van der Waals surface area contributed by atoms with Crippen molar-refractivity contribution in [3.05, 3.63) is 59.7 Å². The number of thioether (sulfide) groups is 2. The minimum absolute atomic E-state index is 0.0115. The second-order valence-corrected chi connectivity index (χ2v) is 21.2. The topological polar surface area (TPSA) is 374 Å². The molecule has 25 heteroatoms. The van der Waals surface area contributed by atoms with E-state index >= 15 is 0 Å². The lowest BCUT2D eigenvalue weighted by Crippen LogP contribution is -2.61. The van der Waals surface area contributed by atoms with Crippen LogP contribution >= 0.6 is 23.5 Å². The molecule has 0 saturated carbocycles. The zero-order valence-electron chi connectivity index (χ0n) is 42.6. The highest BCUT2D eigenvalue weighted by Gasteiger charge is 2.41. The van der Waals surface area contributed by atoms with E-state index < -0.39 is 139 Å². The summed E-state index contributed by atoms with van der Waals surface area (Å²) >= 11 is 2.66. The Balaban J connectivity index is 1.71. The van der Waals surface area contributed by atoms with E-state index in [-0.39, 0.29) is 49.6 Å². The molecule has 5 rings (SSSR count). The Kier molecular flexibility index (Phi) is 24.2. The van der Waals surface area contributed by atoms with Crippen molar-refractivity contribution in [1.29, 1.82) is 0 Å². The van der Waals surface area contributed by atoms with Gasteiger partial charge in [-0.2, -0.15) is 11.8 Å². The van der Waals surface area contributed by atoms with Crippen molar-refractivity contribution in [2.45, 2.75) is 138 Å². The van der Waals surface area contributed by atoms with Crippen molar-refractivity contribution in [3.8, 4) is 5.75 Å². The third-order valence-corrected chi connectivity index (χ3v) is 14.6. The van der Waals surface area contributed by atoms with Gasteiger partial charge >= 0.3 is 0 Å². The summed E-state index contributed by atoms with van der Waals surface area (Å²) in [6, 6.07) is 3.95. The second-order valence-electron chi connectivity index (χ2n) is 19.0. The molecule has 3 heterocycles. The lowest BCUT2D eigenvalue weighted by atomic mass is 9.96. The molecule has 1 saturated heterocycles. The summed E-state index contributed by atoms with van der Waals surface area (Å²) in [7, 11) is 0. The van der Waals surface area contributed by atoms with Gasteiger partial charge in [0, 0.05) is 48.0 Å². The Labute approximate surface area is 444 Å². The van der Waals surface area contributed by atoms with Gasteiger partial charge in [-0.05, 0) is 72.9 Å². The van der Waals surface area contributed by atoms with Gasteiger partial charge < -0.3 is 64.4 Å². The van der Waals surface area contributed by atoms with Gasteiger partial charge in [-0.25, -0.2) is 0 Å². The maximum absolute atomic E-state index is 14.7. The molecule has 3 aliphatic heterocycles. The van der Waals surface area contributed by atoms with Crippen LogP contribution in [0, 0.1) is 11.8 Å². The molecule has 2 aromatic rings. The number of benzene rings is 2. The number of primary amides is 3. The number of nitrogens with zero attached hydrogens (tertiary/aromatic N) is 1. The molecule has 75 heavy (non-hydrogen) atoms. The van der Waals surface area contributed by atoms with Gasteiger partial charge in [0.15, 0.2) is 0 Å². The zero-order chi connectivity index (χ0) is 55.4. The minimum atomic E-state index is -1.75. The average Bonchev–Trinajstić information content (AvgIpc) is 3.86. The van der Waals surface area contributed by atoms with E-state index in [1.807, 2.05) is 26.0 Å². The van der Waals surface area contributed by atoms with E-state index in [1.165, 1.54) is 40.6 Å². The second kappa shape index (κ2) is 29.9. The molecule has 0 spiro atoms. The van der Waals surface area contributed by atoms with Crippen LogP contribution in [-0.2, 0) is 64.9 Å². The highest BCUT2D eigenvalue weighted by molar-refractivity contribution is 7.99. The van der Waals surface area contributed by atoms with Gasteiger partial charge in [0.1, 0.15) is 48.0 Å². The quantitative estimate of drug-likeness (QED) is 0.0856. The number of carbonyl (C=O) groups excluding carboxylic acids is 11. The fraction of sp³-hybridized carbons (Fsp3) is 0.540. The van der Waals surface area contributed by atoms with Crippen LogP contribution in [0.4, 0.5) is 0 Å². The first-order chi connectivity index (χ1) is 35.5. The summed E-state index contributed by atoms with van der Waals surface area (Å²) < 4.78 is 0. The SMILES string of the molecule is CC[C@H](C)[C@@H]1NC(=O)[C@H](Cc2ccc(O)cc2)NC(=O)CCSCc2ccc(cc2)SC[C@@H](C(=O)N2CCC[C@H]2C(=O)N[C@@H](CC(C)C)C(=O)NCC(N)=O)NC(=O)[C@H](CC(N)=O)NC(=O)[C@H](CCC(N)=O)NC1=O. The summed E-state index contributed by atoms with van der Waals surface area (Å²) in [4.78, 5) is 150. The number of phenolic OH excluding ortho intramolecular Hbond substituents is 1. The first-order valence-corrected chi connectivity index (χ1v) is 27.0. The van der Waals surface area contributed by atoms with Crippen LogP contribution in [0.15, 0.2) is 53.4 Å². The number of hydrogen-bond donors (Lipinski definition) is 11. The van der Waals surface area contributed by atoms with Crippen LogP contribution in [0.1, 0.15) is 90.2 Å². The van der Waals surface area contributed by atoms with Gasteiger partial charge in [0.05, 0.1) is 13.0 Å². The van der Waals surface area contributed by atoms with Crippen molar-refractivity contribution < 1.29 is 57.8 Å². The number of carbonyl (C=O) groups is 11. The Morgan fingerprint density at radius 3 is 2.07 bits per heavy atom. The van der Waals surface area contributed by atoms with Crippen LogP contribution in [0.3, 0.4) is 0 Å². The summed E-state index contributed by atoms with van der Waals surface area (Å²) in [5, 5.41) is 28.2. The van der Waals surface area contributed by atoms with E-state index in [4.69, 9.17) is 17.2 Å². The molecular formula is C50H71N11O12S2. The smallest absolute Gasteiger partial charge is 0.246 e. The monoisotopic (exact) mass is 1080 g/mol. The number of aromatic hydroxyl groups is 1. The van der Waals surface area contributed by atoms with E-state index in [0.29, 0.717) is 34.8 Å². The highest BCUT2D eigenvalue weighted by atomic mass is 32.2. The van der Waals surface area contributed by atoms with E-state index in [2.05, 4.69) is 37.2 Å². The van der Waals surface area contributed by atoms with Crippen molar-refractivity contribution >= 4 is 88.5 Å². The van der Waals surface area contributed by atoms with Gasteiger partial charge in [-0.1, -0.05) is 58.4 Å². The van der Waals surface area contributed by atoms with Crippen molar-refractivity contribution in [3.63, 3.8) is 0 Å². The summed E-state index contributed by atoms with van der Waals surface area (Å²) in [5.41, 5.74) is 17.8. The molecule has 14 N–H and O–H groups in total. The first kappa shape index (κ1) is 60.7. The maximum atomic E-state index is 14.7. The zero-order valence-corrected chi connectivity index (χ0v) is 44.3. The van der Waals surface area contributed by atoms with Crippen molar-refractivity contribution in [2.75, 3.05) is 24.6 Å². The fourth-order valence-electron chi connectivity index (χ4n) is 8.23. The molecule has 8 atom stereocenters. The number of nitrogens with two attached hydrogens (primary N) is 3. The molecule has 0 aliphatic carbocycles. The summed E-state index contributed by atoms with van der Waals surface area (Å²) in [6.45, 7) is 6.74. The van der Waals surface area contributed by atoms with Crippen LogP contribution in [0.25, 0.3) is 0 Å². The number of fused-ring (bicyclic) bond motifs is 22. The standard InChI is InChI=1S/C50H71N11O12S2/c1-5-28(4)43-49(72)56-33(16-17-39(51)63)45(68)57-36(23-40(52)64)46(69)59-37(50(73)61-19-6-7-38(61)48(71)58-34(21-27(2)3)44(67)54-24-41(53)65)26-75-32-14-10-30(11-15-32)25-74-20-18-42(66)55-35(47(70)60-43)22-29-8-12-31(62)13-9-29/h8-15,27-28,33-38,43,62H,5-7,16-26H2,1-4H3,(H2,51,63)(H2,52,64)(H2,53,65)(H,54,67)(H,55,66)(H,56,72)(H,57,68)(H,58,71)(H,59,69)(H,60,70)/t28-,33-,34-,35-,36-,37-,38-,43-/m0/s1. The molecule has 1 fully saturated rings. The number of rotatable bonds is 17. The Morgan fingerprint density at radius 2 is 1.44 bits per heavy atom. The number of nitrogens with one attached hydrogen (secondary N) is 7. The van der Waals surface area contributed by atoms with Gasteiger partial charge in [-0.3, -0.25) is 52.7 Å². The molecule has 0 radical (unpaired) electrons. The van der Waals surface area contributed by atoms with Gasteiger partial charge in [-0.15, -0.1) is 11.8 Å². The molecule has 3 aliphatic rings. The third-order valence-electron chi connectivity index (χ3n) is 12.5. The van der Waals surface area contributed by atoms with E-state index in [9.17, 15) is 57.8 Å². The van der Waals surface area contributed by atoms with Crippen molar-refractivity contribution in [2.24, 2.45) is 29.0 Å². The van der Waals surface area contributed by atoms with Crippen LogP contribution in [0.5, 0.6) is 5.75 Å². The lowest BCUT2D eigenvalue weighted by Gasteiger charge is -2.31. The normalized spacial score (nSPS) is 22.4. The van der Waals surface area contributed by atoms with E-state index in [1.54, 1.807) is 38.1 Å². The number of hydrogen-bond acceptors (Lipinski definition) is 14. The van der Waals surface area contributed by atoms with Gasteiger partial charge in [0.25, 0.3) is 0 Å². The lowest BCUT2D eigenvalue weighted by molar-refractivity contribution is -0.142. The molecule has 23 nitrogen and oxygen atoms in total. The molecule has 0 unspecified atom stereocenters. The minimum Gasteiger partial charge on any atom is -0.508 e. The predicted molar refractivity (Wildman–Crippen MR) is 279 cm³/mol. The Hall–Kier alpha value is -6.89. The van der Waals surface area contributed by atoms with Gasteiger partial charge in [0.2, 0.25) is 65.0 Å². The van der Waals surface area contributed by atoms with Crippen LogP contribution in [-0.4, -0.2) is 142 Å². The Bertz CT molecular complexity index is 2380. The molecule has 0 aromatic heterocycles. The fourth-order valence-corrected chi connectivity index (χ4v) is 10.0. The average molecular weight is 1080 g/mol.